The normalized spacial score (nSPS) is 16.3. The van der Waals surface area contributed by atoms with Crippen molar-refractivity contribution in [1.82, 2.24) is 4.98 Å². The third-order valence-corrected chi connectivity index (χ3v) is 4.14. The Morgan fingerprint density at radius 3 is 2.67 bits per heavy atom. The van der Waals surface area contributed by atoms with Crippen molar-refractivity contribution in [2.24, 2.45) is 5.73 Å². The number of carbonyl (C=O) groups excluding carboxylic acids is 2. The number of aromatic nitrogens is 1. The summed E-state index contributed by atoms with van der Waals surface area (Å²) in [4.78, 5) is 31.8. The lowest BCUT2D eigenvalue weighted by Crippen LogP contribution is -2.39. The largest absolute Gasteiger partial charge is 0.365 e. The maximum absolute atomic E-state index is 14.4. The summed E-state index contributed by atoms with van der Waals surface area (Å²) in [5, 5.41) is 0. The Morgan fingerprint density at radius 2 is 1.92 bits per heavy atom. The van der Waals surface area contributed by atoms with Crippen LogP contribution in [0.15, 0.2) is 54.0 Å². The number of nitrogens with zero attached hydrogens (tertiary/aromatic N) is 3. The minimum atomic E-state index is -0.825. The molecule has 0 bridgehead atoms. The molecule has 2 N–H and O–H groups in total. The van der Waals surface area contributed by atoms with Crippen molar-refractivity contribution in [2.45, 2.75) is 6.42 Å². The molecule has 7 heteroatoms. The lowest BCUT2D eigenvalue weighted by atomic mass is 10.0. The molecule has 120 valence electrons. The number of amides is 1. The van der Waals surface area contributed by atoms with E-state index in [-0.39, 0.29) is 29.3 Å². The molecule has 1 aromatic carbocycles. The summed E-state index contributed by atoms with van der Waals surface area (Å²) < 4.78 is 14.4. The summed E-state index contributed by atoms with van der Waals surface area (Å²) in [5.41, 5.74) is 6.24. The van der Waals surface area contributed by atoms with Gasteiger partial charge in [-0.2, -0.15) is 0 Å². The highest BCUT2D eigenvalue weighted by Crippen LogP contribution is 2.47. The molecule has 0 saturated carbocycles. The van der Waals surface area contributed by atoms with Crippen LogP contribution in [0.1, 0.15) is 6.42 Å². The van der Waals surface area contributed by atoms with Crippen LogP contribution in [0.5, 0.6) is 0 Å². The van der Waals surface area contributed by atoms with Gasteiger partial charge in [0.1, 0.15) is 17.2 Å². The van der Waals surface area contributed by atoms with E-state index in [1.54, 1.807) is 35.4 Å². The number of benzene rings is 1. The molecule has 4 rings (SSSR count). The van der Waals surface area contributed by atoms with Gasteiger partial charge in [0.15, 0.2) is 11.6 Å². The maximum Gasteiger partial charge on any atom is 0.256 e. The second kappa shape index (κ2) is 5.16. The highest BCUT2D eigenvalue weighted by Gasteiger charge is 2.42. The van der Waals surface area contributed by atoms with E-state index >= 15 is 0 Å². The fraction of sp³-hybridized carbons (Fsp3) is 0.118. The molecule has 1 amide bonds. The summed E-state index contributed by atoms with van der Waals surface area (Å²) >= 11 is 0. The van der Waals surface area contributed by atoms with Gasteiger partial charge in [-0.05, 0) is 24.3 Å². The van der Waals surface area contributed by atoms with Crippen molar-refractivity contribution in [3.8, 4) is 0 Å². The van der Waals surface area contributed by atoms with Crippen molar-refractivity contribution >= 4 is 28.9 Å². The molecule has 0 fully saturated rings. The van der Waals surface area contributed by atoms with Gasteiger partial charge in [0, 0.05) is 19.2 Å². The Kier molecular flexibility index (Phi) is 3.09. The molecule has 3 heterocycles. The Hall–Kier alpha value is -3.22. The Morgan fingerprint density at radius 1 is 1.17 bits per heavy atom. The highest BCUT2D eigenvalue weighted by atomic mass is 19.1. The molecule has 2 aliphatic heterocycles. The molecule has 0 saturated heterocycles. The first-order valence-corrected chi connectivity index (χ1v) is 7.44. The van der Waals surface area contributed by atoms with Crippen molar-refractivity contribution in [2.75, 3.05) is 16.3 Å². The van der Waals surface area contributed by atoms with Crippen molar-refractivity contribution < 1.29 is 14.0 Å². The maximum atomic E-state index is 14.4. The van der Waals surface area contributed by atoms with Crippen LogP contribution in [-0.4, -0.2) is 23.2 Å². The van der Waals surface area contributed by atoms with Gasteiger partial charge in [0.2, 0.25) is 0 Å². The van der Waals surface area contributed by atoms with Crippen LogP contribution in [0.3, 0.4) is 0 Å². The zero-order valence-corrected chi connectivity index (χ0v) is 12.6. The molecule has 0 aliphatic carbocycles. The van der Waals surface area contributed by atoms with E-state index in [0.29, 0.717) is 18.1 Å². The molecule has 0 radical (unpaired) electrons. The van der Waals surface area contributed by atoms with Crippen molar-refractivity contribution in [3.63, 3.8) is 0 Å². The first-order chi connectivity index (χ1) is 11.6. The Labute approximate surface area is 137 Å². The van der Waals surface area contributed by atoms with Gasteiger partial charge < -0.3 is 10.6 Å². The number of pyridine rings is 1. The first-order valence-electron chi connectivity index (χ1n) is 7.44. The minimum Gasteiger partial charge on any atom is -0.365 e. The lowest BCUT2D eigenvalue weighted by molar-refractivity contribution is -0.121. The van der Waals surface area contributed by atoms with E-state index in [0.717, 1.165) is 0 Å². The summed E-state index contributed by atoms with van der Waals surface area (Å²) in [6.07, 6.45) is 1.75. The fourth-order valence-electron chi connectivity index (χ4n) is 3.15. The van der Waals surface area contributed by atoms with E-state index in [9.17, 15) is 14.0 Å². The second-order valence-corrected chi connectivity index (χ2v) is 5.52. The third kappa shape index (κ3) is 1.91. The number of halogens is 1. The lowest BCUT2D eigenvalue weighted by Gasteiger charge is -2.30. The number of nitrogens with two attached hydrogens (primary N) is 1. The number of para-hydroxylation sites is 1. The van der Waals surface area contributed by atoms with Gasteiger partial charge in [-0.15, -0.1) is 0 Å². The molecule has 2 aromatic rings. The fourth-order valence-corrected chi connectivity index (χ4v) is 3.15. The number of fused-ring (bicyclic) bond motifs is 3. The quantitative estimate of drug-likeness (QED) is 0.853. The molecule has 0 unspecified atom stereocenters. The molecular weight excluding hydrogens is 311 g/mol. The monoisotopic (exact) mass is 324 g/mol. The number of ketones is 1. The second-order valence-electron chi connectivity index (χ2n) is 5.52. The van der Waals surface area contributed by atoms with Crippen LogP contribution in [0.4, 0.5) is 21.6 Å². The summed E-state index contributed by atoms with van der Waals surface area (Å²) in [6.45, 7) is 0.384. The number of hydrogen-bond donors (Lipinski definition) is 1. The minimum absolute atomic E-state index is 0.123. The number of rotatable bonds is 2. The number of Topliss-reactive ketones (excluding diaryl/α,β-unsaturated/α-hetero) is 1. The molecule has 1 aromatic heterocycles. The predicted molar refractivity (Wildman–Crippen MR) is 86.0 cm³/mol. The van der Waals surface area contributed by atoms with Gasteiger partial charge in [-0.1, -0.05) is 12.1 Å². The van der Waals surface area contributed by atoms with Crippen LogP contribution in [0.25, 0.3) is 0 Å². The van der Waals surface area contributed by atoms with E-state index in [1.165, 1.54) is 11.0 Å². The number of anilines is 3. The number of hydrogen-bond acceptors (Lipinski definition) is 5. The standard InChI is InChI=1S/C17H13FN4O2/c18-10-4-1-2-5-11(10)22-16-12(6-3-8-20-16)21-9-7-13(23)14(15(19)24)17(21)22/h1-6,8H,7,9H2,(H2,19,24). The summed E-state index contributed by atoms with van der Waals surface area (Å²) in [5.74, 6) is -0.911. The van der Waals surface area contributed by atoms with Gasteiger partial charge >= 0.3 is 0 Å². The van der Waals surface area contributed by atoms with Crippen molar-refractivity contribution in [3.05, 3.63) is 59.8 Å². The summed E-state index contributed by atoms with van der Waals surface area (Å²) in [6, 6.07) is 9.71. The van der Waals surface area contributed by atoms with E-state index < -0.39 is 11.7 Å². The number of primary amides is 1. The van der Waals surface area contributed by atoms with Gasteiger partial charge in [-0.3, -0.25) is 14.5 Å². The molecule has 0 atom stereocenters. The smallest absolute Gasteiger partial charge is 0.256 e. The average molecular weight is 324 g/mol. The zero-order valence-electron chi connectivity index (χ0n) is 12.6. The highest BCUT2D eigenvalue weighted by molar-refractivity contribution is 6.22. The number of carbonyl (C=O) groups is 2. The van der Waals surface area contributed by atoms with Crippen molar-refractivity contribution in [1.29, 1.82) is 0 Å². The van der Waals surface area contributed by atoms with Gasteiger partial charge in [0.25, 0.3) is 5.91 Å². The van der Waals surface area contributed by atoms with E-state index in [1.807, 2.05) is 6.07 Å². The van der Waals surface area contributed by atoms with Crippen LogP contribution in [-0.2, 0) is 9.59 Å². The van der Waals surface area contributed by atoms with E-state index in [4.69, 9.17) is 5.73 Å². The predicted octanol–water partition coefficient (Wildman–Crippen LogP) is 1.85. The molecule has 6 nitrogen and oxygen atoms in total. The van der Waals surface area contributed by atoms with Crippen LogP contribution >= 0.6 is 0 Å². The SMILES string of the molecule is NC(=O)C1=C2N(CCC1=O)c1cccnc1N2c1ccccc1F. The Balaban J connectivity index is 2.05. The van der Waals surface area contributed by atoms with Gasteiger partial charge in [0.05, 0.1) is 11.4 Å². The molecule has 24 heavy (non-hydrogen) atoms. The average Bonchev–Trinajstić information content (AvgIpc) is 2.89. The molecule has 0 spiro atoms. The third-order valence-electron chi connectivity index (χ3n) is 4.14. The topological polar surface area (TPSA) is 79.5 Å². The zero-order chi connectivity index (χ0) is 16.8. The molecular formula is C17H13FN4O2. The van der Waals surface area contributed by atoms with E-state index in [2.05, 4.69) is 4.98 Å². The first kappa shape index (κ1) is 14.4. The van der Waals surface area contributed by atoms with Crippen LogP contribution in [0, 0.1) is 5.82 Å². The molecule has 2 aliphatic rings. The van der Waals surface area contributed by atoms with Crippen LogP contribution in [0.2, 0.25) is 0 Å². The Bertz CT molecular complexity index is 909. The summed E-state index contributed by atoms with van der Waals surface area (Å²) in [7, 11) is 0. The van der Waals surface area contributed by atoms with Crippen LogP contribution < -0.4 is 15.5 Å². The van der Waals surface area contributed by atoms with Gasteiger partial charge in [-0.25, -0.2) is 9.37 Å².